The number of rotatable bonds is 2. The van der Waals surface area contributed by atoms with Crippen LogP contribution in [0, 0.1) is 10.1 Å². The number of benzene rings is 1. The molecule has 0 aliphatic carbocycles. The summed E-state index contributed by atoms with van der Waals surface area (Å²) < 4.78 is 5.05. The summed E-state index contributed by atoms with van der Waals surface area (Å²) in [7, 11) is 0. The Morgan fingerprint density at radius 3 is 2.81 bits per heavy atom. The van der Waals surface area contributed by atoms with Gasteiger partial charge in [-0.2, -0.15) is 4.98 Å². The lowest BCUT2D eigenvalue weighted by Crippen LogP contribution is -1.92. The second kappa shape index (κ2) is 4.18. The van der Waals surface area contributed by atoms with Gasteiger partial charge in [0.25, 0.3) is 11.6 Å². The van der Waals surface area contributed by atoms with E-state index in [9.17, 15) is 10.1 Å². The van der Waals surface area contributed by atoms with Crippen LogP contribution < -0.4 is 0 Å². The quantitative estimate of drug-likeness (QED) is 0.629. The number of hydrogen-bond donors (Lipinski definition) is 0. The highest BCUT2D eigenvalue weighted by Gasteiger charge is 2.20. The summed E-state index contributed by atoms with van der Waals surface area (Å²) in [4.78, 5) is 14.1. The van der Waals surface area contributed by atoms with E-state index in [-0.39, 0.29) is 26.9 Å². The maximum atomic E-state index is 10.8. The first-order valence-electron chi connectivity index (χ1n) is 4.01. The minimum Gasteiger partial charge on any atom is -0.333 e. The molecule has 0 unspecified atom stereocenters. The van der Waals surface area contributed by atoms with E-state index >= 15 is 0 Å². The van der Waals surface area contributed by atoms with Gasteiger partial charge in [0.1, 0.15) is 5.56 Å². The summed E-state index contributed by atoms with van der Waals surface area (Å²) in [5.74, 6) is 0.0650. The normalized spacial score (nSPS) is 10.4. The van der Waals surface area contributed by atoms with Gasteiger partial charge in [-0.05, 0) is 33.2 Å². The van der Waals surface area contributed by atoms with Crippen LogP contribution in [-0.2, 0) is 0 Å². The minimum absolute atomic E-state index is 0.0650. The van der Waals surface area contributed by atoms with E-state index in [2.05, 4.69) is 26.1 Å². The number of nitro groups is 1. The molecule has 8 heteroatoms. The predicted molar refractivity (Wildman–Crippen MR) is 59.1 cm³/mol. The van der Waals surface area contributed by atoms with Gasteiger partial charge in [-0.15, -0.1) is 0 Å². The second-order valence-electron chi connectivity index (χ2n) is 2.79. The SMILES string of the molecule is O=[N+]([O-])c1cc(Cl)ccc1-c1nc(Br)no1. The lowest BCUT2D eigenvalue weighted by Gasteiger charge is -1.97. The van der Waals surface area contributed by atoms with Gasteiger partial charge in [-0.3, -0.25) is 10.1 Å². The van der Waals surface area contributed by atoms with Gasteiger partial charge in [-0.25, -0.2) is 0 Å². The first-order chi connectivity index (χ1) is 7.58. The molecule has 6 nitrogen and oxygen atoms in total. The number of halogens is 2. The summed E-state index contributed by atoms with van der Waals surface area (Å²) >= 11 is 8.67. The molecule has 0 atom stereocenters. The molecule has 0 saturated heterocycles. The summed E-state index contributed by atoms with van der Waals surface area (Å²) in [6.07, 6.45) is 0. The molecular formula is C8H3BrClN3O3. The molecule has 0 radical (unpaired) electrons. The van der Waals surface area contributed by atoms with Crippen molar-refractivity contribution in [1.82, 2.24) is 10.1 Å². The molecule has 0 fully saturated rings. The van der Waals surface area contributed by atoms with Crippen molar-refractivity contribution < 1.29 is 9.45 Å². The van der Waals surface area contributed by atoms with Crippen LogP contribution in [0.1, 0.15) is 0 Å². The Morgan fingerprint density at radius 2 is 2.25 bits per heavy atom. The van der Waals surface area contributed by atoms with Crippen molar-refractivity contribution in [3.63, 3.8) is 0 Å². The van der Waals surface area contributed by atoms with Crippen molar-refractivity contribution in [2.24, 2.45) is 0 Å². The van der Waals surface area contributed by atoms with E-state index in [0.29, 0.717) is 0 Å². The molecule has 0 saturated carbocycles. The zero-order valence-electron chi connectivity index (χ0n) is 7.55. The molecule has 0 N–H and O–H groups in total. The van der Waals surface area contributed by atoms with Crippen LogP contribution in [-0.4, -0.2) is 15.1 Å². The average Bonchev–Trinajstić information content (AvgIpc) is 2.64. The Hall–Kier alpha value is -1.47. The molecular weight excluding hydrogens is 301 g/mol. The predicted octanol–water partition coefficient (Wildman–Crippen LogP) is 3.06. The Labute approximate surface area is 102 Å². The lowest BCUT2D eigenvalue weighted by atomic mass is 10.2. The molecule has 2 aromatic rings. The van der Waals surface area contributed by atoms with Crippen LogP contribution in [0.5, 0.6) is 0 Å². The van der Waals surface area contributed by atoms with E-state index in [4.69, 9.17) is 16.1 Å². The Bertz CT molecular complexity index is 557. The number of hydrogen-bond acceptors (Lipinski definition) is 5. The molecule has 82 valence electrons. The Balaban J connectivity index is 2.60. The fraction of sp³-hybridized carbons (Fsp3) is 0. The van der Waals surface area contributed by atoms with E-state index < -0.39 is 4.92 Å². The molecule has 0 bridgehead atoms. The molecule has 1 heterocycles. The van der Waals surface area contributed by atoms with Crippen molar-refractivity contribution >= 4 is 33.2 Å². The summed E-state index contributed by atoms with van der Waals surface area (Å²) in [5, 5.41) is 14.6. The van der Waals surface area contributed by atoms with Gasteiger partial charge in [-0.1, -0.05) is 11.6 Å². The summed E-state index contributed by atoms with van der Waals surface area (Å²) in [5.41, 5.74) is 0.0521. The van der Waals surface area contributed by atoms with Gasteiger partial charge < -0.3 is 4.52 Å². The van der Waals surface area contributed by atoms with Gasteiger partial charge in [0, 0.05) is 11.1 Å². The first kappa shape index (κ1) is 11.0. The van der Waals surface area contributed by atoms with Crippen molar-refractivity contribution in [2.75, 3.05) is 0 Å². The molecule has 0 aliphatic heterocycles. The van der Waals surface area contributed by atoms with Gasteiger partial charge in [0.2, 0.25) is 4.73 Å². The fourth-order valence-electron chi connectivity index (χ4n) is 1.15. The molecule has 16 heavy (non-hydrogen) atoms. The Kier molecular flexibility index (Phi) is 2.88. The number of nitrogens with zero attached hydrogens (tertiary/aromatic N) is 3. The third-order valence-electron chi connectivity index (χ3n) is 1.79. The van der Waals surface area contributed by atoms with Crippen LogP contribution in [0.15, 0.2) is 27.5 Å². The largest absolute Gasteiger partial charge is 0.333 e. The fourth-order valence-corrected chi connectivity index (χ4v) is 1.55. The van der Waals surface area contributed by atoms with Crippen LogP contribution in [0.3, 0.4) is 0 Å². The lowest BCUT2D eigenvalue weighted by molar-refractivity contribution is -0.384. The minimum atomic E-state index is -0.556. The van der Waals surface area contributed by atoms with Crippen molar-refractivity contribution in [3.8, 4) is 11.5 Å². The van der Waals surface area contributed by atoms with Crippen LogP contribution in [0.4, 0.5) is 5.69 Å². The molecule has 2 rings (SSSR count). The van der Waals surface area contributed by atoms with Crippen LogP contribution in [0.25, 0.3) is 11.5 Å². The van der Waals surface area contributed by atoms with Crippen molar-refractivity contribution in [3.05, 3.63) is 38.1 Å². The smallest absolute Gasteiger partial charge is 0.283 e. The summed E-state index contributed by atoms with van der Waals surface area (Å²) in [6, 6.07) is 4.21. The first-order valence-corrected chi connectivity index (χ1v) is 5.18. The van der Waals surface area contributed by atoms with E-state index in [1.807, 2.05) is 0 Å². The van der Waals surface area contributed by atoms with E-state index in [1.165, 1.54) is 18.2 Å². The molecule has 0 aliphatic rings. The maximum absolute atomic E-state index is 10.8. The average molecular weight is 304 g/mol. The number of nitro benzene ring substituents is 1. The van der Waals surface area contributed by atoms with Crippen LogP contribution >= 0.6 is 27.5 Å². The highest BCUT2D eigenvalue weighted by molar-refractivity contribution is 9.10. The molecule has 1 aromatic heterocycles. The van der Waals surface area contributed by atoms with E-state index in [0.717, 1.165) is 0 Å². The van der Waals surface area contributed by atoms with Crippen molar-refractivity contribution in [2.45, 2.75) is 0 Å². The number of aromatic nitrogens is 2. The third-order valence-corrected chi connectivity index (χ3v) is 2.35. The zero-order valence-corrected chi connectivity index (χ0v) is 9.90. The Morgan fingerprint density at radius 1 is 1.50 bits per heavy atom. The van der Waals surface area contributed by atoms with Gasteiger partial charge in [0.05, 0.1) is 4.92 Å². The molecule has 1 aromatic carbocycles. The van der Waals surface area contributed by atoms with Gasteiger partial charge in [0.15, 0.2) is 0 Å². The zero-order chi connectivity index (χ0) is 11.7. The topological polar surface area (TPSA) is 82.1 Å². The third kappa shape index (κ3) is 2.05. The standard InChI is InChI=1S/C8H3BrClN3O3/c9-8-11-7(16-12-8)5-2-1-4(10)3-6(5)13(14)15/h1-3H. The van der Waals surface area contributed by atoms with Gasteiger partial charge >= 0.3 is 0 Å². The van der Waals surface area contributed by atoms with Crippen molar-refractivity contribution in [1.29, 1.82) is 0 Å². The highest BCUT2D eigenvalue weighted by Crippen LogP contribution is 2.31. The van der Waals surface area contributed by atoms with Crippen LogP contribution in [0.2, 0.25) is 5.02 Å². The maximum Gasteiger partial charge on any atom is 0.283 e. The second-order valence-corrected chi connectivity index (χ2v) is 3.93. The summed E-state index contributed by atoms with van der Waals surface area (Å²) in [6.45, 7) is 0. The van der Waals surface area contributed by atoms with E-state index in [1.54, 1.807) is 0 Å². The molecule has 0 spiro atoms. The molecule has 0 amide bonds. The highest BCUT2D eigenvalue weighted by atomic mass is 79.9. The monoisotopic (exact) mass is 303 g/mol.